The van der Waals surface area contributed by atoms with E-state index < -0.39 is 5.67 Å². The second-order valence-corrected chi connectivity index (χ2v) is 3.78. The Kier molecular flexibility index (Phi) is 3.13. The van der Waals surface area contributed by atoms with Crippen LogP contribution in [0.25, 0.3) is 0 Å². The van der Waals surface area contributed by atoms with E-state index in [0.717, 1.165) is 0 Å². The highest BCUT2D eigenvalue weighted by Gasteiger charge is 2.26. The monoisotopic (exact) mass is 250 g/mol. The van der Waals surface area contributed by atoms with Crippen molar-refractivity contribution in [3.05, 3.63) is 34.9 Å². The summed E-state index contributed by atoms with van der Waals surface area (Å²) in [6.07, 6.45) is 0. The van der Waals surface area contributed by atoms with E-state index in [1.165, 1.54) is 6.92 Å². The van der Waals surface area contributed by atoms with Crippen LogP contribution in [0.2, 0.25) is 5.02 Å². The molecular formula is C9H9BrClF. The van der Waals surface area contributed by atoms with Gasteiger partial charge in [-0.1, -0.05) is 45.7 Å². The molecule has 0 aromatic heterocycles. The molecule has 0 spiro atoms. The third-order valence-electron chi connectivity index (χ3n) is 1.69. The van der Waals surface area contributed by atoms with E-state index >= 15 is 0 Å². The molecule has 0 heterocycles. The summed E-state index contributed by atoms with van der Waals surface area (Å²) in [4.78, 5) is 0. The molecule has 1 aromatic carbocycles. The second kappa shape index (κ2) is 3.75. The molecule has 1 rings (SSSR count). The SMILES string of the molecule is C[C@@](F)(CBr)c1ccccc1Cl. The summed E-state index contributed by atoms with van der Waals surface area (Å²) in [5.41, 5.74) is -0.859. The number of alkyl halides is 2. The summed E-state index contributed by atoms with van der Waals surface area (Å²) in [5, 5.41) is 0.728. The van der Waals surface area contributed by atoms with Crippen molar-refractivity contribution in [2.24, 2.45) is 0 Å². The maximum Gasteiger partial charge on any atom is 0.144 e. The van der Waals surface area contributed by atoms with E-state index in [1.54, 1.807) is 24.3 Å². The molecule has 0 N–H and O–H groups in total. The summed E-state index contributed by atoms with van der Waals surface area (Å²) in [6, 6.07) is 6.96. The predicted octanol–water partition coefficient (Wildman–Crippen LogP) is 3.92. The Morgan fingerprint density at radius 3 is 2.58 bits per heavy atom. The van der Waals surface area contributed by atoms with Gasteiger partial charge in [-0.05, 0) is 13.0 Å². The first kappa shape index (κ1) is 10.0. The minimum atomic E-state index is -1.39. The zero-order chi connectivity index (χ0) is 9.19. The minimum Gasteiger partial charge on any atom is -0.238 e. The quantitative estimate of drug-likeness (QED) is 0.699. The number of hydrogen-bond donors (Lipinski definition) is 0. The molecule has 0 fully saturated rings. The molecule has 3 heteroatoms. The van der Waals surface area contributed by atoms with Crippen molar-refractivity contribution in [1.82, 2.24) is 0 Å². The Morgan fingerprint density at radius 1 is 1.50 bits per heavy atom. The lowest BCUT2D eigenvalue weighted by molar-refractivity contribution is 0.230. The van der Waals surface area contributed by atoms with Gasteiger partial charge in [0.2, 0.25) is 0 Å². The van der Waals surface area contributed by atoms with Crippen LogP contribution in [0.15, 0.2) is 24.3 Å². The van der Waals surface area contributed by atoms with E-state index in [9.17, 15) is 4.39 Å². The fraction of sp³-hybridized carbons (Fsp3) is 0.333. The van der Waals surface area contributed by atoms with Gasteiger partial charge in [0.1, 0.15) is 5.67 Å². The standard InChI is InChI=1S/C9H9BrClF/c1-9(12,6-10)7-4-2-3-5-8(7)11/h2-5H,6H2,1H3/t9-/m1/s1. The number of rotatable bonds is 2. The molecule has 1 atom stereocenters. The van der Waals surface area contributed by atoms with E-state index in [2.05, 4.69) is 15.9 Å². The van der Waals surface area contributed by atoms with Crippen molar-refractivity contribution in [3.8, 4) is 0 Å². The van der Waals surface area contributed by atoms with Crippen LogP contribution in [0, 0.1) is 0 Å². The first-order valence-electron chi connectivity index (χ1n) is 3.58. The Bertz CT molecular complexity index is 273. The van der Waals surface area contributed by atoms with Gasteiger partial charge < -0.3 is 0 Å². The minimum absolute atomic E-state index is 0.254. The molecule has 0 nitrogen and oxygen atoms in total. The Labute approximate surface area is 84.9 Å². The average Bonchev–Trinajstić information content (AvgIpc) is 2.05. The first-order valence-corrected chi connectivity index (χ1v) is 5.08. The molecule has 0 saturated heterocycles. The van der Waals surface area contributed by atoms with Crippen LogP contribution >= 0.6 is 27.5 Å². The zero-order valence-electron chi connectivity index (χ0n) is 6.65. The summed E-state index contributed by atoms with van der Waals surface area (Å²) >= 11 is 8.93. The Hall–Kier alpha value is -0.0800. The van der Waals surface area contributed by atoms with Gasteiger partial charge in [0.15, 0.2) is 0 Å². The highest BCUT2D eigenvalue weighted by Crippen LogP contribution is 2.32. The molecule has 0 amide bonds. The first-order chi connectivity index (χ1) is 5.58. The van der Waals surface area contributed by atoms with Crippen LogP contribution in [-0.4, -0.2) is 5.33 Å². The van der Waals surface area contributed by atoms with Gasteiger partial charge in [-0.25, -0.2) is 4.39 Å². The molecule has 0 aliphatic carbocycles. The molecule has 66 valence electrons. The smallest absolute Gasteiger partial charge is 0.144 e. The maximum absolute atomic E-state index is 13.7. The van der Waals surface area contributed by atoms with Crippen LogP contribution in [-0.2, 0) is 5.67 Å². The fourth-order valence-electron chi connectivity index (χ4n) is 0.956. The van der Waals surface area contributed by atoms with Gasteiger partial charge in [-0.3, -0.25) is 0 Å². The van der Waals surface area contributed by atoms with Gasteiger partial charge in [-0.2, -0.15) is 0 Å². The van der Waals surface area contributed by atoms with Gasteiger partial charge >= 0.3 is 0 Å². The highest BCUT2D eigenvalue weighted by molar-refractivity contribution is 9.09. The fourth-order valence-corrected chi connectivity index (χ4v) is 1.59. The lowest BCUT2D eigenvalue weighted by atomic mass is 10.0. The second-order valence-electron chi connectivity index (χ2n) is 2.81. The summed E-state index contributed by atoms with van der Waals surface area (Å²) < 4.78 is 13.7. The summed E-state index contributed by atoms with van der Waals surface area (Å²) in [6.45, 7) is 1.50. The number of halogens is 3. The topological polar surface area (TPSA) is 0 Å². The molecule has 0 radical (unpaired) electrons. The van der Waals surface area contributed by atoms with Crippen molar-refractivity contribution in [2.75, 3.05) is 5.33 Å². The maximum atomic E-state index is 13.7. The van der Waals surface area contributed by atoms with Crippen LogP contribution in [0.3, 0.4) is 0 Å². The molecule has 0 bridgehead atoms. The molecular weight excluding hydrogens is 242 g/mol. The largest absolute Gasteiger partial charge is 0.238 e. The Balaban J connectivity index is 3.10. The van der Waals surface area contributed by atoms with Crippen molar-refractivity contribution in [1.29, 1.82) is 0 Å². The van der Waals surface area contributed by atoms with Crippen molar-refractivity contribution in [3.63, 3.8) is 0 Å². The molecule has 0 saturated carbocycles. The summed E-state index contributed by atoms with van der Waals surface area (Å²) in [5.74, 6) is 0. The Morgan fingerprint density at radius 2 is 2.08 bits per heavy atom. The predicted molar refractivity (Wildman–Crippen MR) is 53.7 cm³/mol. The van der Waals surface area contributed by atoms with Gasteiger partial charge in [-0.15, -0.1) is 0 Å². The van der Waals surface area contributed by atoms with Crippen LogP contribution in [0.5, 0.6) is 0 Å². The lowest BCUT2D eigenvalue weighted by Crippen LogP contribution is -2.17. The third kappa shape index (κ3) is 1.99. The molecule has 0 unspecified atom stereocenters. The molecule has 0 aliphatic heterocycles. The average molecular weight is 252 g/mol. The molecule has 1 aromatic rings. The van der Waals surface area contributed by atoms with Crippen molar-refractivity contribution < 1.29 is 4.39 Å². The van der Waals surface area contributed by atoms with E-state index in [1.807, 2.05) is 0 Å². The summed E-state index contributed by atoms with van der Waals surface area (Å²) in [7, 11) is 0. The van der Waals surface area contributed by atoms with E-state index in [0.29, 0.717) is 10.6 Å². The lowest BCUT2D eigenvalue weighted by Gasteiger charge is -2.18. The van der Waals surface area contributed by atoms with Crippen LogP contribution in [0.4, 0.5) is 4.39 Å². The zero-order valence-corrected chi connectivity index (χ0v) is 8.99. The van der Waals surface area contributed by atoms with Crippen LogP contribution < -0.4 is 0 Å². The van der Waals surface area contributed by atoms with Crippen molar-refractivity contribution >= 4 is 27.5 Å². The normalized spacial score (nSPS) is 15.7. The third-order valence-corrected chi connectivity index (χ3v) is 3.07. The molecule has 12 heavy (non-hydrogen) atoms. The number of hydrogen-bond acceptors (Lipinski definition) is 0. The van der Waals surface area contributed by atoms with Gasteiger partial charge in [0, 0.05) is 15.9 Å². The highest BCUT2D eigenvalue weighted by atomic mass is 79.9. The van der Waals surface area contributed by atoms with Gasteiger partial charge in [0.25, 0.3) is 0 Å². The van der Waals surface area contributed by atoms with Crippen molar-refractivity contribution in [2.45, 2.75) is 12.6 Å². The molecule has 0 aliphatic rings. The van der Waals surface area contributed by atoms with E-state index in [4.69, 9.17) is 11.6 Å². The van der Waals surface area contributed by atoms with Crippen LogP contribution in [0.1, 0.15) is 12.5 Å². The van der Waals surface area contributed by atoms with Gasteiger partial charge in [0.05, 0.1) is 0 Å². The number of benzene rings is 1. The van der Waals surface area contributed by atoms with E-state index in [-0.39, 0.29) is 5.33 Å².